The van der Waals surface area contributed by atoms with Gasteiger partial charge in [-0.05, 0) is 36.2 Å². The van der Waals surface area contributed by atoms with Crippen LogP contribution in [0.5, 0.6) is 0 Å². The fraction of sp³-hybridized carbons (Fsp3) is 0.222. The topological polar surface area (TPSA) is 58.2 Å². The number of anilines is 1. The van der Waals surface area contributed by atoms with Gasteiger partial charge >= 0.3 is 6.18 Å². The third-order valence-electron chi connectivity index (χ3n) is 3.53. The highest BCUT2D eigenvalue weighted by atomic mass is 19.4. The number of hydrogen-bond donors (Lipinski definition) is 2. The molecule has 0 heterocycles. The SMILES string of the molecule is Cc1ccccc1CC(=O)NCC(=O)Nc1cccc(C(F)(F)F)c1. The first-order valence-electron chi connectivity index (χ1n) is 7.54. The van der Waals surface area contributed by atoms with Crippen molar-refractivity contribution in [2.75, 3.05) is 11.9 Å². The molecule has 0 spiro atoms. The second-order valence-electron chi connectivity index (χ2n) is 5.51. The molecule has 0 aliphatic heterocycles. The van der Waals surface area contributed by atoms with E-state index in [1.807, 2.05) is 31.2 Å². The quantitative estimate of drug-likeness (QED) is 0.869. The number of alkyl halides is 3. The minimum Gasteiger partial charge on any atom is -0.347 e. The molecule has 0 bridgehead atoms. The van der Waals surface area contributed by atoms with E-state index in [0.29, 0.717) is 0 Å². The maximum Gasteiger partial charge on any atom is 0.416 e. The number of hydrogen-bond acceptors (Lipinski definition) is 2. The number of rotatable bonds is 5. The van der Waals surface area contributed by atoms with E-state index in [4.69, 9.17) is 0 Å². The number of carbonyl (C=O) groups excluding carboxylic acids is 2. The molecule has 0 fully saturated rings. The van der Waals surface area contributed by atoms with Crippen LogP contribution >= 0.6 is 0 Å². The zero-order valence-electron chi connectivity index (χ0n) is 13.5. The molecule has 0 radical (unpaired) electrons. The molecule has 0 aliphatic carbocycles. The van der Waals surface area contributed by atoms with Gasteiger partial charge in [-0.25, -0.2) is 0 Å². The number of benzene rings is 2. The van der Waals surface area contributed by atoms with Crippen molar-refractivity contribution in [2.24, 2.45) is 0 Å². The average molecular weight is 350 g/mol. The molecule has 4 nitrogen and oxygen atoms in total. The number of amides is 2. The second kappa shape index (κ2) is 7.83. The molecule has 2 N–H and O–H groups in total. The van der Waals surface area contributed by atoms with Crippen LogP contribution < -0.4 is 10.6 Å². The van der Waals surface area contributed by atoms with Gasteiger partial charge in [-0.15, -0.1) is 0 Å². The van der Waals surface area contributed by atoms with Crippen molar-refractivity contribution in [3.05, 3.63) is 65.2 Å². The Labute approximate surface area is 143 Å². The van der Waals surface area contributed by atoms with Gasteiger partial charge < -0.3 is 10.6 Å². The molecule has 132 valence electrons. The molecule has 2 aromatic carbocycles. The maximum atomic E-state index is 12.6. The lowest BCUT2D eigenvalue weighted by molar-refractivity contribution is -0.137. The van der Waals surface area contributed by atoms with Gasteiger partial charge in [-0.3, -0.25) is 9.59 Å². The molecule has 2 rings (SSSR count). The van der Waals surface area contributed by atoms with Gasteiger partial charge in [-0.2, -0.15) is 13.2 Å². The number of carbonyl (C=O) groups is 2. The van der Waals surface area contributed by atoms with Gasteiger partial charge in [0.1, 0.15) is 0 Å². The Morgan fingerprint density at radius 1 is 1.00 bits per heavy atom. The van der Waals surface area contributed by atoms with Gasteiger partial charge in [0.25, 0.3) is 0 Å². The monoisotopic (exact) mass is 350 g/mol. The minimum atomic E-state index is -4.48. The van der Waals surface area contributed by atoms with E-state index in [1.165, 1.54) is 12.1 Å². The molecule has 0 saturated carbocycles. The Morgan fingerprint density at radius 2 is 1.72 bits per heavy atom. The summed E-state index contributed by atoms with van der Waals surface area (Å²) in [4.78, 5) is 23.7. The molecule has 0 aliphatic rings. The standard InChI is InChI=1S/C18H17F3N2O2/c1-12-5-2-3-6-13(12)9-16(24)22-11-17(25)23-15-8-4-7-14(10-15)18(19,20)21/h2-8,10H,9,11H2,1H3,(H,22,24)(H,23,25). The third-order valence-corrected chi connectivity index (χ3v) is 3.53. The lowest BCUT2D eigenvalue weighted by Crippen LogP contribution is -2.33. The van der Waals surface area contributed by atoms with Crippen molar-refractivity contribution in [3.63, 3.8) is 0 Å². The molecule has 2 aromatic rings. The molecule has 0 aromatic heterocycles. The lowest BCUT2D eigenvalue weighted by atomic mass is 10.1. The van der Waals surface area contributed by atoms with Crippen LogP contribution in [0.3, 0.4) is 0 Å². The summed E-state index contributed by atoms with van der Waals surface area (Å²) in [6.07, 6.45) is -4.36. The summed E-state index contributed by atoms with van der Waals surface area (Å²) >= 11 is 0. The number of halogens is 3. The van der Waals surface area contributed by atoms with E-state index in [9.17, 15) is 22.8 Å². The highest BCUT2D eigenvalue weighted by Crippen LogP contribution is 2.30. The fourth-order valence-corrected chi connectivity index (χ4v) is 2.20. The van der Waals surface area contributed by atoms with E-state index in [1.54, 1.807) is 0 Å². The van der Waals surface area contributed by atoms with E-state index in [0.717, 1.165) is 23.3 Å². The zero-order valence-corrected chi connectivity index (χ0v) is 13.5. The normalized spacial score (nSPS) is 11.0. The van der Waals surface area contributed by atoms with Crippen LogP contribution in [0.4, 0.5) is 18.9 Å². The minimum absolute atomic E-state index is 0.0213. The van der Waals surface area contributed by atoms with Crippen molar-refractivity contribution in [1.82, 2.24) is 5.32 Å². The van der Waals surface area contributed by atoms with Crippen LogP contribution in [0.1, 0.15) is 16.7 Å². The van der Waals surface area contributed by atoms with Crippen LogP contribution in [-0.2, 0) is 22.2 Å². The third kappa shape index (κ3) is 5.63. The van der Waals surface area contributed by atoms with Crippen molar-refractivity contribution < 1.29 is 22.8 Å². The molecule has 0 atom stereocenters. The molecular weight excluding hydrogens is 333 g/mol. The molecule has 7 heteroatoms. The van der Waals surface area contributed by atoms with Crippen molar-refractivity contribution in [1.29, 1.82) is 0 Å². The molecular formula is C18H17F3N2O2. The molecule has 2 amide bonds. The summed E-state index contributed by atoms with van der Waals surface area (Å²) in [6.45, 7) is 1.56. The van der Waals surface area contributed by atoms with E-state index < -0.39 is 17.6 Å². The Hall–Kier alpha value is -2.83. The van der Waals surface area contributed by atoms with Crippen LogP contribution in [0.2, 0.25) is 0 Å². The molecule has 0 unspecified atom stereocenters. The van der Waals surface area contributed by atoms with Gasteiger partial charge in [0.2, 0.25) is 11.8 Å². The zero-order chi connectivity index (χ0) is 18.4. The number of aryl methyl sites for hydroxylation is 1. The first-order chi connectivity index (χ1) is 11.8. The Balaban J connectivity index is 1.87. The first-order valence-corrected chi connectivity index (χ1v) is 7.54. The van der Waals surface area contributed by atoms with Crippen LogP contribution in [-0.4, -0.2) is 18.4 Å². The predicted molar refractivity (Wildman–Crippen MR) is 88.0 cm³/mol. The Morgan fingerprint density at radius 3 is 2.40 bits per heavy atom. The summed E-state index contributed by atoms with van der Waals surface area (Å²) < 4.78 is 37.9. The average Bonchev–Trinajstić information content (AvgIpc) is 2.55. The van der Waals surface area contributed by atoms with E-state index >= 15 is 0 Å². The summed E-state index contributed by atoms with van der Waals surface area (Å²) in [6, 6.07) is 11.7. The Bertz CT molecular complexity index is 773. The maximum absolute atomic E-state index is 12.6. The smallest absolute Gasteiger partial charge is 0.347 e. The van der Waals surface area contributed by atoms with E-state index in [2.05, 4.69) is 10.6 Å². The summed E-state index contributed by atoms with van der Waals surface area (Å²) in [5.41, 5.74) is 0.978. The van der Waals surface area contributed by atoms with Crippen LogP contribution in [0, 0.1) is 6.92 Å². The van der Waals surface area contributed by atoms with Gasteiger partial charge in [0.05, 0.1) is 18.5 Å². The molecule has 25 heavy (non-hydrogen) atoms. The van der Waals surface area contributed by atoms with E-state index in [-0.39, 0.29) is 24.6 Å². The largest absolute Gasteiger partial charge is 0.416 e. The number of nitrogens with one attached hydrogen (secondary N) is 2. The van der Waals surface area contributed by atoms with Crippen molar-refractivity contribution in [3.8, 4) is 0 Å². The first kappa shape index (κ1) is 18.5. The predicted octanol–water partition coefficient (Wildman–Crippen LogP) is 3.31. The lowest BCUT2D eigenvalue weighted by Gasteiger charge is -2.10. The molecule has 0 saturated heterocycles. The summed E-state index contributed by atoms with van der Waals surface area (Å²) in [5.74, 6) is -0.939. The van der Waals surface area contributed by atoms with Crippen LogP contribution in [0.15, 0.2) is 48.5 Å². The summed E-state index contributed by atoms with van der Waals surface area (Å²) in [7, 11) is 0. The van der Waals surface area contributed by atoms with Crippen molar-refractivity contribution >= 4 is 17.5 Å². The van der Waals surface area contributed by atoms with Gasteiger partial charge in [0.15, 0.2) is 0 Å². The second-order valence-corrected chi connectivity index (χ2v) is 5.51. The highest BCUT2D eigenvalue weighted by Gasteiger charge is 2.30. The van der Waals surface area contributed by atoms with Crippen LogP contribution in [0.25, 0.3) is 0 Å². The highest BCUT2D eigenvalue weighted by molar-refractivity contribution is 5.94. The Kier molecular flexibility index (Phi) is 5.80. The van der Waals surface area contributed by atoms with Gasteiger partial charge in [0, 0.05) is 5.69 Å². The van der Waals surface area contributed by atoms with Gasteiger partial charge in [-0.1, -0.05) is 30.3 Å². The summed E-state index contributed by atoms with van der Waals surface area (Å²) in [5, 5.41) is 4.78. The fourth-order valence-electron chi connectivity index (χ4n) is 2.20. The van der Waals surface area contributed by atoms with Crippen molar-refractivity contribution in [2.45, 2.75) is 19.5 Å².